The molecular formula is C62H102O30. The molecule has 0 amide bonds. The molecule has 0 bridgehead atoms. The summed E-state index contributed by atoms with van der Waals surface area (Å²) in [7, 11) is 0. The molecule has 5 heterocycles. The van der Waals surface area contributed by atoms with Gasteiger partial charge < -0.3 is 139 Å². The molecule has 0 unspecified atom stereocenters. The lowest BCUT2D eigenvalue weighted by atomic mass is 9.35. The molecule has 4 aliphatic carbocycles. The first kappa shape index (κ1) is 73.9. The van der Waals surface area contributed by atoms with Crippen molar-refractivity contribution in [1.82, 2.24) is 0 Å². The number of carboxylic acids is 1. The molecule has 0 aromatic carbocycles. The summed E-state index contributed by atoms with van der Waals surface area (Å²) in [5.41, 5.74) is -2.06. The predicted molar refractivity (Wildman–Crippen MR) is 309 cm³/mol. The van der Waals surface area contributed by atoms with E-state index in [1.165, 1.54) is 0 Å². The summed E-state index contributed by atoms with van der Waals surface area (Å²) >= 11 is 0. The van der Waals surface area contributed by atoms with Crippen molar-refractivity contribution in [3.05, 3.63) is 11.6 Å². The number of rotatable bonds is 21. The van der Waals surface area contributed by atoms with Gasteiger partial charge in [-0.1, -0.05) is 46.3 Å². The average molecular weight is 1330 g/mol. The molecule has 9 rings (SSSR count). The van der Waals surface area contributed by atoms with E-state index in [9.17, 15) is 91.3 Å². The lowest BCUT2D eigenvalue weighted by Gasteiger charge is -2.71. The van der Waals surface area contributed by atoms with Gasteiger partial charge in [0.25, 0.3) is 0 Å². The van der Waals surface area contributed by atoms with Crippen LogP contribution in [0.3, 0.4) is 0 Å². The number of carbonyl (C=O) groups is 2. The van der Waals surface area contributed by atoms with E-state index in [1.807, 2.05) is 20.8 Å². The zero-order valence-electron chi connectivity index (χ0n) is 53.4. The molecule has 34 atom stereocenters. The summed E-state index contributed by atoms with van der Waals surface area (Å²) in [5.74, 6) is -3.44. The topological polar surface area (TPSA) is 480 Å². The standard InChI is InChI=1S/C62H102O30/c1-25(2)10-9-14-62(8,92-56-49(80)45(76)42(73)32(88-56)24-84-54-50(81)51(43(74)30(21-64)85-54)90-53-47(78)39(70)28(66)22-83-53)26-11-16-61(7)38(26)27(65)18-34-59(5)15-13-35(58(3,4)33(59)12-17-60(34,61)6)89-57-52(46(77)40(71)29(20-63)86-57)91-55-48(79)44(75)41(72)31(87-55)23-82-37(69)19-36(67)68/h10,26-35,38-57,63-66,70-81H,9,11-24H2,1-8H3,(H,67,68)/t26-,27+,28+,29+,30+,31+,32+,33-,34+,35-,38-,39-,40+,41+,42+,43+,44-,45-,46-,47+,48+,49+,50+,51-,52+,53-,54+,55-,56-,57-,59-,60+,61+,62-/m0/s1. The van der Waals surface area contributed by atoms with Crippen LogP contribution in [0.15, 0.2) is 11.6 Å². The van der Waals surface area contributed by atoms with Crippen molar-refractivity contribution < 1.29 is 149 Å². The van der Waals surface area contributed by atoms with E-state index < -0.39 is 233 Å². The Morgan fingerprint density at radius 2 is 1.12 bits per heavy atom. The van der Waals surface area contributed by atoms with Crippen molar-refractivity contribution in [3.8, 4) is 0 Å². The number of fused-ring (bicyclic) bond motifs is 5. The Bertz CT molecular complexity index is 2510. The molecule has 92 heavy (non-hydrogen) atoms. The third-order valence-electron chi connectivity index (χ3n) is 23.1. The maximum Gasteiger partial charge on any atom is 0.317 e. The van der Waals surface area contributed by atoms with Crippen molar-refractivity contribution in [3.63, 3.8) is 0 Å². The number of hydrogen-bond donors (Lipinski definition) is 17. The summed E-state index contributed by atoms with van der Waals surface area (Å²) in [6.07, 6.45) is -36.0. The Balaban J connectivity index is 0.905. The lowest BCUT2D eigenvalue weighted by molar-refractivity contribution is -0.378. The molecule has 30 heteroatoms. The Labute approximate surface area is 533 Å². The fourth-order valence-corrected chi connectivity index (χ4v) is 17.8. The first-order chi connectivity index (χ1) is 43.1. The third-order valence-corrected chi connectivity index (χ3v) is 23.1. The molecule has 0 spiro atoms. The van der Waals surface area contributed by atoms with Gasteiger partial charge in [0, 0.05) is 0 Å². The summed E-state index contributed by atoms with van der Waals surface area (Å²) in [4.78, 5) is 23.1. The first-order valence-corrected chi connectivity index (χ1v) is 32.3. The van der Waals surface area contributed by atoms with Crippen molar-refractivity contribution in [2.24, 2.45) is 45.3 Å². The second kappa shape index (κ2) is 28.8. The molecule has 9 fully saturated rings. The number of aliphatic hydroxyl groups is 16. The predicted octanol–water partition coefficient (Wildman–Crippen LogP) is -3.71. The largest absolute Gasteiger partial charge is 0.481 e. The number of aliphatic carboxylic acids is 1. The Morgan fingerprint density at radius 1 is 0.554 bits per heavy atom. The van der Waals surface area contributed by atoms with E-state index in [0.29, 0.717) is 44.9 Å². The van der Waals surface area contributed by atoms with E-state index in [-0.39, 0.29) is 29.1 Å². The Hall–Kier alpha value is -2.36. The molecule has 30 nitrogen and oxygen atoms in total. The van der Waals surface area contributed by atoms with Gasteiger partial charge in [0.15, 0.2) is 31.5 Å². The first-order valence-electron chi connectivity index (χ1n) is 32.3. The summed E-state index contributed by atoms with van der Waals surface area (Å²) in [5, 5.41) is 186. The average Bonchev–Trinajstić information content (AvgIpc) is 1.26. The summed E-state index contributed by atoms with van der Waals surface area (Å²) in [6.45, 7) is 13.5. The van der Waals surface area contributed by atoms with Gasteiger partial charge in [-0.2, -0.15) is 0 Å². The molecule has 17 N–H and O–H groups in total. The Morgan fingerprint density at radius 3 is 1.76 bits per heavy atom. The van der Waals surface area contributed by atoms with Crippen LogP contribution in [0.1, 0.15) is 120 Å². The second-order valence-corrected chi connectivity index (χ2v) is 29.2. The van der Waals surface area contributed by atoms with Crippen LogP contribution in [0, 0.1) is 45.3 Å². The molecule has 0 radical (unpaired) electrons. The van der Waals surface area contributed by atoms with E-state index in [2.05, 4.69) is 40.7 Å². The highest BCUT2D eigenvalue weighted by atomic mass is 16.8. The minimum Gasteiger partial charge on any atom is -0.481 e. The van der Waals surface area contributed by atoms with Gasteiger partial charge >= 0.3 is 11.9 Å². The van der Waals surface area contributed by atoms with Gasteiger partial charge in [0.1, 0.15) is 129 Å². The highest BCUT2D eigenvalue weighted by Crippen LogP contribution is 2.76. The van der Waals surface area contributed by atoms with E-state index >= 15 is 0 Å². The van der Waals surface area contributed by atoms with Crippen molar-refractivity contribution >= 4 is 11.9 Å². The summed E-state index contributed by atoms with van der Waals surface area (Å²) in [6, 6.07) is 0. The van der Waals surface area contributed by atoms with Crippen molar-refractivity contribution in [2.75, 3.05) is 33.0 Å². The van der Waals surface area contributed by atoms with Crippen LogP contribution in [0.5, 0.6) is 0 Å². The van der Waals surface area contributed by atoms with Gasteiger partial charge in [-0.15, -0.1) is 0 Å². The summed E-state index contributed by atoms with van der Waals surface area (Å²) < 4.78 is 65.7. The van der Waals surface area contributed by atoms with Crippen LogP contribution in [0.25, 0.3) is 0 Å². The van der Waals surface area contributed by atoms with Gasteiger partial charge in [0.2, 0.25) is 0 Å². The van der Waals surface area contributed by atoms with Crippen LogP contribution in [0.4, 0.5) is 0 Å². The molecule has 4 saturated carbocycles. The van der Waals surface area contributed by atoms with Crippen LogP contribution >= 0.6 is 0 Å². The highest BCUT2D eigenvalue weighted by Gasteiger charge is 2.72. The SMILES string of the molecule is CC(C)=CCC[C@](C)(O[C@@H]1O[C@H](CO[C@@H]2O[C@H](CO)[C@@H](O)[C@H](O[C@@H]3OC[C@@H](O)[C@H](O)[C@H]3O)[C@H]2O)[C@@H](O)[C@H](O)[C@H]1O)[C@H]1CC[C@]2(C)[C@@H]1[C@H](O)C[C@@H]1[C@@]3(C)CC[C@H](O[C@@H]4O[C@H](CO)[C@@H](O)[C@H](O)[C@H]4O[C@@H]4O[C@H](COC(=O)CC(=O)O)[C@@H](O)[C@H](O)[C@H]4O)C(C)(C)[C@@H]3CC[C@]12C. The zero-order valence-corrected chi connectivity index (χ0v) is 53.4. The van der Waals surface area contributed by atoms with Gasteiger partial charge in [0.05, 0.1) is 44.2 Å². The maximum atomic E-state index is 13.0. The number of carbonyl (C=O) groups excluding carboxylic acids is 1. The smallest absolute Gasteiger partial charge is 0.317 e. The molecule has 530 valence electrons. The van der Waals surface area contributed by atoms with Crippen LogP contribution in [-0.4, -0.2) is 297 Å². The molecule has 0 aromatic rings. The molecule has 5 aliphatic heterocycles. The third kappa shape index (κ3) is 13.9. The Kier molecular flexibility index (Phi) is 23.2. The second-order valence-electron chi connectivity index (χ2n) is 29.2. The minimum atomic E-state index is -1.97. The van der Waals surface area contributed by atoms with E-state index in [0.717, 1.165) is 18.4 Å². The van der Waals surface area contributed by atoms with Crippen molar-refractivity contribution in [2.45, 2.75) is 285 Å². The van der Waals surface area contributed by atoms with Gasteiger partial charge in [-0.05, 0) is 124 Å². The fourth-order valence-electron chi connectivity index (χ4n) is 17.8. The van der Waals surface area contributed by atoms with Gasteiger partial charge in [-0.25, -0.2) is 0 Å². The molecule has 5 saturated heterocycles. The monoisotopic (exact) mass is 1330 g/mol. The lowest BCUT2D eigenvalue weighted by Crippen LogP contribution is -2.68. The van der Waals surface area contributed by atoms with Crippen LogP contribution in [-0.2, 0) is 61.7 Å². The molecule has 0 aromatic heterocycles. The molecule has 9 aliphatic rings. The van der Waals surface area contributed by atoms with E-state index in [1.54, 1.807) is 0 Å². The van der Waals surface area contributed by atoms with Crippen LogP contribution < -0.4 is 0 Å². The normalized spacial score (nSPS) is 50.1. The molecular weight excluding hydrogens is 1220 g/mol. The zero-order chi connectivity index (χ0) is 67.6. The van der Waals surface area contributed by atoms with E-state index in [4.69, 9.17) is 57.2 Å². The van der Waals surface area contributed by atoms with Crippen molar-refractivity contribution in [1.29, 1.82) is 0 Å². The number of esters is 1. The number of aliphatic hydroxyl groups excluding tert-OH is 16. The quantitative estimate of drug-likeness (QED) is 0.0227. The highest BCUT2D eigenvalue weighted by molar-refractivity contribution is 5.90. The van der Waals surface area contributed by atoms with Gasteiger partial charge in [-0.3, -0.25) is 9.59 Å². The minimum absolute atomic E-state index is 0.0398. The fraction of sp³-hybridized carbons (Fsp3) is 0.935. The number of allylic oxidation sites excluding steroid dienone is 2. The van der Waals surface area contributed by atoms with Crippen LogP contribution in [0.2, 0.25) is 0 Å². The maximum absolute atomic E-state index is 13.0. The number of ether oxygens (including phenoxy) is 11. The number of hydrogen-bond acceptors (Lipinski definition) is 29. The number of carboxylic acid groups (broad SMARTS) is 1.